The van der Waals surface area contributed by atoms with Gasteiger partial charge in [-0.25, -0.2) is 4.79 Å². The molecule has 352 valence electrons. The van der Waals surface area contributed by atoms with Gasteiger partial charge in [0.2, 0.25) is 17.7 Å². The van der Waals surface area contributed by atoms with Gasteiger partial charge in [-0.1, -0.05) is 116 Å². The molecule has 1 aliphatic heterocycles. The zero-order valence-corrected chi connectivity index (χ0v) is 40.7. The number of aryl methyl sites for hydroxylation is 1. The summed E-state index contributed by atoms with van der Waals surface area (Å²) >= 11 is 0. The lowest BCUT2D eigenvalue weighted by Gasteiger charge is -2.41. The number of likely N-dealkylation sites (N-methyl/N-ethyl adjacent to an activating group) is 2. The minimum absolute atomic E-state index is 0.0186. The Kier molecular flexibility index (Phi) is 21.9. The van der Waals surface area contributed by atoms with E-state index in [1.807, 2.05) is 51.2 Å². The SMILES string of the molecule is CCc1ccc(CCN(C)[C@H](C(=O)C[C@H](C(=O)N(C)[C@@H]([C@@H](C)CC)[C@@H](CC(=O)N2CCC[C@H]2[C@H](OC)[C@@H](C)C(=O)N[C@@H](Cc2ccccc2)C(=O)OC)OC)C(C)C)C(C)C)cc1. The summed E-state index contributed by atoms with van der Waals surface area (Å²) in [4.78, 5) is 75.4. The van der Waals surface area contributed by atoms with Gasteiger partial charge in [0.15, 0.2) is 5.78 Å². The van der Waals surface area contributed by atoms with E-state index in [2.05, 4.69) is 69.1 Å². The molecule has 0 radical (unpaired) electrons. The lowest BCUT2D eigenvalue weighted by atomic mass is 9.83. The van der Waals surface area contributed by atoms with Gasteiger partial charge in [-0.3, -0.25) is 24.1 Å². The summed E-state index contributed by atoms with van der Waals surface area (Å²) in [5, 5.41) is 2.88. The summed E-state index contributed by atoms with van der Waals surface area (Å²) in [6.07, 6.45) is 3.06. The zero-order chi connectivity index (χ0) is 47.0. The number of carbonyl (C=O) groups is 5. The van der Waals surface area contributed by atoms with Crippen LogP contribution >= 0.6 is 0 Å². The van der Waals surface area contributed by atoms with Gasteiger partial charge in [0.25, 0.3) is 0 Å². The first kappa shape index (κ1) is 53.2. The molecular weight excluding hydrogens is 797 g/mol. The van der Waals surface area contributed by atoms with Crippen LogP contribution in [-0.4, -0.2) is 129 Å². The molecule has 12 heteroatoms. The van der Waals surface area contributed by atoms with E-state index < -0.39 is 48.1 Å². The molecule has 0 bridgehead atoms. The number of likely N-dealkylation sites (tertiary alicyclic amines) is 1. The van der Waals surface area contributed by atoms with Gasteiger partial charge in [0, 0.05) is 53.1 Å². The number of amides is 3. The van der Waals surface area contributed by atoms with Crippen LogP contribution in [0.1, 0.15) is 104 Å². The Morgan fingerprint density at radius 2 is 1.44 bits per heavy atom. The van der Waals surface area contributed by atoms with Crippen LogP contribution < -0.4 is 5.32 Å². The van der Waals surface area contributed by atoms with Crippen molar-refractivity contribution in [2.75, 3.05) is 48.5 Å². The van der Waals surface area contributed by atoms with E-state index >= 15 is 0 Å². The largest absolute Gasteiger partial charge is 0.467 e. The topological polar surface area (TPSA) is 135 Å². The highest BCUT2D eigenvalue weighted by Crippen LogP contribution is 2.31. The molecule has 1 heterocycles. The van der Waals surface area contributed by atoms with Gasteiger partial charge in [0.05, 0.1) is 49.8 Å². The molecule has 1 N–H and O–H groups in total. The molecule has 0 aliphatic carbocycles. The number of nitrogens with zero attached hydrogens (tertiary/aromatic N) is 3. The predicted molar refractivity (Wildman–Crippen MR) is 249 cm³/mol. The highest BCUT2D eigenvalue weighted by Gasteiger charge is 2.43. The normalized spacial score (nSPS) is 18.0. The van der Waals surface area contributed by atoms with Crippen molar-refractivity contribution in [1.29, 1.82) is 0 Å². The summed E-state index contributed by atoms with van der Waals surface area (Å²) < 4.78 is 17.1. The van der Waals surface area contributed by atoms with Gasteiger partial charge < -0.3 is 29.3 Å². The van der Waals surface area contributed by atoms with Crippen LogP contribution in [0.2, 0.25) is 0 Å². The average Bonchev–Trinajstić information content (AvgIpc) is 3.76. The molecule has 63 heavy (non-hydrogen) atoms. The number of ether oxygens (including phenoxy) is 3. The standard InChI is InChI=1S/C51H80N4O8/c1-14-35(7)47(54(10)50(59)40(33(3)4)31-43(56)46(34(5)6)53(9)29-27-38-25-23-37(15-2)24-26-38)44(61-11)32-45(57)55-28-19-22-42(55)48(62-12)36(8)49(58)52-41(51(60)63-13)30-39-20-17-16-18-21-39/h16-18,20-21,23-26,33-36,40-42,44,46-48H,14-15,19,22,27-32H2,1-13H3,(H,52,58)/t35-,36+,40-,41-,42-,44+,46-,47-,48+/m0/s1. The van der Waals surface area contributed by atoms with E-state index in [9.17, 15) is 24.0 Å². The maximum atomic E-state index is 14.7. The van der Waals surface area contributed by atoms with Crippen molar-refractivity contribution in [2.45, 2.75) is 143 Å². The maximum absolute atomic E-state index is 14.7. The summed E-state index contributed by atoms with van der Waals surface area (Å²) in [5.41, 5.74) is 3.41. The Bertz CT molecular complexity index is 1740. The van der Waals surface area contributed by atoms with Gasteiger partial charge in [-0.15, -0.1) is 0 Å². The quantitative estimate of drug-likeness (QED) is 0.101. The van der Waals surface area contributed by atoms with E-state index in [0.29, 0.717) is 13.0 Å². The van der Waals surface area contributed by atoms with Crippen LogP contribution in [0.3, 0.4) is 0 Å². The van der Waals surface area contributed by atoms with Gasteiger partial charge in [-0.05, 0) is 67.2 Å². The molecule has 3 rings (SSSR count). The molecule has 2 aromatic carbocycles. The Balaban J connectivity index is 1.77. The number of benzene rings is 2. The van der Waals surface area contributed by atoms with Crippen molar-refractivity contribution < 1.29 is 38.2 Å². The summed E-state index contributed by atoms with van der Waals surface area (Å²) in [5.74, 6) is -2.46. The smallest absolute Gasteiger partial charge is 0.328 e. The van der Waals surface area contributed by atoms with Crippen molar-refractivity contribution in [1.82, 2.24) is 20.0 Å². The molecule has 12 nitrogen and oxygen atoms in total. The highest BCUT2D eigenvalue weighted by molar-refractivity contribution is 5.90. The fourth-order valence-electron chi connectivity index (χ4n) is 9.51. The highest BCUT2D eigenvalue weighted by atomic mass is 16.5. The molecule has 2 aromatic rings. The van der Waals surface area contributed by atoms with E-state index in [1.54, 1.807) is 38.0 Å². The molecule has 0 aromatic heterocycles. The molecule has 1 saturated heterocycles. The van der Waals surface area contributed by atoms with E-state index in [-0.39, 0.29) is 66.6 Å². The number of nitrogens with one attached hydrogen (secondary N) is 1. The molecule has 0 unspecified atom stereocenters. The Morgan fingerprint density at radius 1 is 0.810 bits per heavy atom. The van der Waals surface area contributed by atoms with Crippen LogP contribution in [-0.2, 0) is 57.4 Å². The van der Waals surface area contributed by atoms with Crippen LogP contribution in [0, 0.1) is 29.6 Å². The van der Waals surface area contributed by atoms with Gasteiger partial charge >= 0.3 is 5.97 Å². The van der Waals surface area contributed by atoms with Crippen LogP contribution in [0.15, 0.2) is 54.6 Å². The van der Waals surface area contributed by atoms with Crippen LogP contribution in [0.4, 0.5) is 0 Å². The first-order chi connectivity index (χ1) is 29.9. The Labute approximate surface area is 379 Å². The van der Waals surface area contributed by atoms with Crippen molar-refractivity contribution >= 4 is 29.5 Å². The first-order valence-corrected chi connectivity index (χ1v) is 23.3. The van der Waals surface area contributed by atoms with Crippen molar-refractivity contribution in [3.63, 3.8) is 0 Å². The maximum Gasteiger partial charge on any atom is 0.328 e. The van der Waals surface area contributed by atoms with Crippen molar-refractivity contribution in [3.8, 4) is 0 Å². The number of esters is 1. The molecule has 3 amide bonds. The lowest BCUT2D eigenvalue weighted by Crippen LogP contribution is -2.55. The predicted octanol–water partition coefficient (Wildman–Crippen LogP) is 6.80. The third-order valence-electron chi connectivity index (χ3n) is 13.5. The second-order valence-electron chi connectivity index (χ2n) is 18.5. The lowest BCUT2D eigenvalue weighted by molar-refractivity contribution is -0.150. The van der Waals surface area contributed by atoms with E-state index in [4.69, 9.17) is 14.2 Å². The van der Waals surface area contributed by atoms with Crippen LogP contribution in [0.25, 0.3) is 0 Å². The summed E-state index contributed by atoms with van der Waals surface area (Å²) in [7, 11) is 8.20. The number of rotatable bonds is 26. The molecule has 1 fully saturated rings. The second-order valence-corrected chi connectivity index (χ2v) is 18.5. The monoisotopic (exact) mass is 877 g/mol. The Hall–Kier alpha value is -4.13. The molecular formula is C51H80N4O8. The number of ketones is 1. The number of methoxy groups -OCH3 is 3. The fraction of sp³-hybridized carbons (Fsp3) is 0.667. The number of carbonyl (C=O) groups excluding carboxylic acids is 5. The number of hydrogen-bond donors (Lipinski definition) is 1. The van der Waals surface area contributed by atoms with Gasteiger partial charge in [0.1, 0.15) is 6.04 Å². The third-order valence-corrected chi connectivity index (χ3v) is 13.5. The minimum atomic E-state index is -0.892. The fourth-order valence-corrected chi connectivity index (χ4v) is 9.51. The zero-order valence-electron chi connectivity index (χ0n) is 40.7. The van der Waals surface area contributed by atoms with Crippen molar-refractivity contribution in [3.05, 3.63) is 71.3 Å². The Morgan fingerprint density at radius 3 is 1.98 bits per heavy atom. The third kappa shape index (κ3) is 14.7. The minimum Gasteiger partial charge on any atom is -0.467 e. The number of Topliss-reactive ketones (excluding diaryl/α,β-unsaturated/α-hetero) is 1. The first-order valence-electron chi connectivity index (χ1n) is 23.3. The molecule has 0 saturated carbocycles. The summed E-state index contributed by atoms with van der Waals surface area (Å²) in [6, 6.07) is 16.0. The molecule has 1 aliphatic rings. The van der Waals surface area contributed by atoms with E-state index in [1.165, 1.54) is 18.2 Å². The van der Waals surface area contributed by atoms with Crippen molar-refractivity contribution in [2.24, 2.45) is 29.6 Å². The average molecular weight is 877 g/mol. The second kappa shape index (κ2) is 26.0. The number of hydrogen-bond acceptors (Lipinski definition) is 9. The summed E-state index contributed by atoms with van der Waals surface area (Å²) in [6.45, 7) is 17.4. The van der Waals surface area contributed by atoms with E-state index in [0.717, 1.165) is 37.8 Å². The molecule has 0 spiro atoms. The van der Waals surface area contributed by atoms with Gasteiger partial charge in [-0.2, -0.15) is 0 Å². The van der Waals surface area contributed by atoms with Crippen LogP contribution in [0.5, 0.6) is 0 Å². The molecule has 9 atom stereocenters.